The molecule has 0 N–H and O–H groups in total. The van der Waals surface area contributed by atoms with Crippen molar-refractivity contribution >= 4 is 0 Å². The molecule has 0 aliphatic carbocycles. The predicted molar refractivity (Wildman–Crippen MR) is 62.6 cm³/mol. The van der Waals surface area contributed by atoms with Gasteiger partial charge >= 0.3 is 0 Å². The van der Waals surface area contributed by atoms with Crippen LogP contribution in [0.4, 0.5) is 0 Å². The molecule has 0 aliphatic heterocycles. The third kappa shape index (κ3) is 3.64. The highest BCUT2D eigenvalue weighted by atomic mass is 15.2. The molecule has 80 valence electrons. The molecule has 0 unspecified atom stereocenters. The van der Waals surface area contributed by atoms with Crippen molar-refractivity contribution in [3.63, 3.8) is 0 Å². The highest BCUT2D eigenvalue weighted by molar-refractivity contribution is 5.15. The molecule has 0 bridgehead atoms. The Hall–Kier alpha value is -1.47. The van der Waals surface area contributed by atoms with Crippen molar-refractivity contribution < 1.29 is 0 Å². The summed E-state index contributed by atoms with van der Waals surface area (Å²) >= 11 is 0. The van der Waals surface area contributed by atoms with Crippen molar-refractivity contribution in [3.05, 3.63) is 46.3 Å². The highest BCUT2D eigenvalue weighted by Gasteiger charge is 2.19. The molecule has 1 rings (SSSR count). The van der Waals surface area contributed by atoms with E-state index in [0.717, 1.165) is 19.3 Å². The Labute approximate surface area is 90.8 Å². The average molecular weight is 203 g/mol. The Morgan fingerprint density at radius 3 is 2.53 bits per heavy atom. The van der Waals surface area contributed by atoms with Gasteiger partial charge in [0.2, 0.25) is 0 Å². The summed E-state index contributed by atoms with van der Waals surface area (Å²) in [4.78, 5) is 2.92. The quantitative estimate of drug-likeness (QED) is 0.393. The van der Waals surface area contributed by atoms with Gasteiger partial charge in [-0.15, -0.1) is 0 Å². The number of aryl methyl sites for hydroxylation is 1. The Balaban J connectivity index is 2.59. The molecule has 0 saturated heterocycles. The maximum absolute atomic E-state index is 8.49. The minimum atomic E-state index is -0.245. The number of hydrogen-bond acceptors (Lipinski definition) is 1. The maximum Gasteiger partial charge on any atom is 0.0460 e. The molecule has 1 atom stereocenters. The third-order valence-electron chi connectivity index (χ3n) is 2.84. The molecule has 0 heterocycles. The lowest BCUT2D eigenvalue weighted by Gasteiger charge is -2.21. The second-order valence-corrected chi connectivity index (χ2v) is 4.03. The summed E-state index contributed by atoms with van der Waals surface area (Å²) in [6.07, 6.45) is 2.74. The van der Waals surface area contributed by atoms with Crippen molar-refractivity contribution in [3.8, 4) is 0 Å². The van der Waals surface area contributed by atoms with Crippen molar-refractivity contribution in [2.45, 2.75) is 38.6 Å². The van der Waals surface area contributed by atoms with Crippen LogP contribution < -0.4 is 0 Å². The summed E-state index contributed by atoms with van der Waals surface area (Å²) < 4.78 is 0. The Morgan fingerprint density at radius 2 is 2.00 bits per heavy atom. The predicted octanol–water partition coefficient (Wildman–Crippen LogP) is 4.10. The first-order valence-electron chi connectivity index (χ1n) is 5.30. The molecule has 3 heteroatoms. The first kappa shape index (κ1) is 11.6. The smallest absolute Gasteiger partial charge is 0.0460 e. The molecule has 15 heavy (non-hydrogen) atoms. The summed E-state index contributed by atoms with van der Waals surface area (Å²) in [5.41, 5.74) is 9.54. The maximum atomic E-state index is 8.49. The number of azide groups is 1. The van der Waals surface area contributed by atoms with E-state index in [1.807, 2.05) is 25.1 Å². The van der Waals surface area contributed by atoms with Gasteiger partial charge < -0.3 is 0 Å². The Morgan fingerprint density at radius 1 is 1.33 bits per heavy atom. The van der Waals surface area contributed by atoms with Gasteiger partial charge in [-0.25, -0.2) is 0 Å². The van der Waals surface area contributed by atoms with Crippen LogP contribution in [0.5, 0.6) is 0 Å². The number of hydrogen-bond donors (Lipinski definition) is 0. The van der Waals surface area contributed by atoms with Gasteiger partial charge in [0.05, 0.1) is 0 Å². The number of rotatable bonds is 5. The second-order valence-electron chi connectivity index (χ2n) is 4.03. The van der Waals surface area contributed by atoms with Crippen molar-refractivity contribution in [2.24, 2.45) is 5.11 Å². The lowest BCUT2D eigenvalue weighted by atomic mass is 9.92. The van der Waals surface area contributed by atoms with Crippen molar-refractivity contribution in [1.82, 2.24) is 0 Å². The van der Waals surface area contributed by atoms with Gasteiger partial charge in [0.1, 0.15) is 0 Å². The SMILES string of the molecule is CC[C@](C)(CCc1ccccc1)N=[N+]=[N-]. The standard InChI is InChI=1S/C12H17N3/c1-3-12(2,14-15-13)10-9-11-7-5-4-6-8-11/h4-8H,3,9-10H2,1-2H3/t12-/m1/s1. The molecule has 0 spiro atoms. The molecule has 0 aromatic heterocycles. The summed E-state index contributed by atoms with van der Waals surface area (Å²) in [6, 6.07) is 10.3. The van der Waals surface area contributed by atoms with E-state index in [0.29, 0.717) is 0 Å². The zero-order valence-corrected chi connectivity index (χ0v) is 9.35. The van der Waals surface area contributed by atoms with Gasteiger partial charge in [0.15, 0.2) is 0 Å². The van der Waals surface area contributed by atoms with E-state index in [9.17, 15) is 0 Å². The topological polar surface area (TPSA) is 48.8 Å². The molecular formula is C12H17N3. The zero-order valence-electron chi connectivity index (χ0n) is 9.35. The van der Waals surface area contributed by atoms with E-state index in [4.69, 9.17) is 5.53 Å². The van der Waals surface area contributed by atoms with E-state index in [1.165, 1.54) is 5.56 Å². The van der Waals surface area contributed by atoms with E-state index in [2.05, 4.69) is 29.1 Å². The highest BCUT2D eigenvalue weighted by Crippen LogP contribution is 2.22. The number of benzene rings is 1. The van der Waals surface area contributed by atoms with Crippen LogP contribution in [0.25, 0.3) is 10.4 Å². The molecular weight excluding hydrogens is 186 g/mol. The molecule has 0 radical (unpaired) electrons. The minimum Gasteiger partial charge on any atom is -0.0876 e. The van der Waals surface area contributed by atoms with Crippen LogP contribution in [-0.4, -0.2) is 5.54 Å². The van der Waals surface area contributed by atoms with Crippen LogP contribution in [0.1, 0.15) is 32.3 Å². The van der Waals surface area contributed by atoms with Gasteiger partial charge in [-0.3, -0.25) is 0 Å². The van der Waals surface area contributed by atoms with Gasteiger partial charge in [-0.1, -0.05) is 49.3 Å². The fourth-order valence-electron chi connectivity index (χ4n) is 1.46. The molecule has 1 aromatic rings. The van der Waals surface area contributed by atoms with Crippen molar-refractivity contribution in [2.75, 3.05) is 0 Å². The van der Waals surface area contributed by atoms with Crippen LogP contribution in [-0.2, 0) is 6.42 Å². The molecule has 0 amide bonds. The molecule has 3 nitrogen and oxygen atoms in total. The van der Waals surface area contributed by atoms with Gasteiger partial charge in [-0.05, 0) is 30.4 Å². The van der Waals surface area contributed by atoms with Crippen molar-refractivity contribution in [1.29, 1.82) is 0 Å². The fraction of sp³-hybridized carbons (Fsp3) is 0.500. The second kappa shape index (κ2) is 5.42. The van der Waals surface area contributed by atoms with Crippen LogP contribution in [0.15, 0.2) is 35.4 Å². The average Bonchev–Trinajstić information content (AvgIpc) is 2.28. The largest absolute Gasteiger partial charge is 0.0876 e. The minimum absolute atomic E-state index is 0.245. The fourth-order valence-corrected chi connectivity index (χ4v) is 1.46. The van der Waals surface area contributed by atoms with Gasteiger partial charge in [0, 0.05) is 10.5 Å². The molecule has 1 aromatic carbocycles. The van der Waals surface area contributed by atoms with E-state index >= 15 is 0 Å². The van der Waals surface area contributed by atoms with E-state index in [1.54, 1.807) is 0 Å². The summed E-state index contributed by atoms with van der Waals surface area (Å²) in [7, 11) is 0. The van der Waals surface area contributed by atoms with Gasteiger partial charge in [-0.2, -0.15) is 0 Å². The molecule has 0 fully saturated rings. The third-order valence-corrected chi connectivity index (χ3v) is 2.84. The van der Waals surface area contributed by atoms with Crippen LogP contribution in [0.2, 0.25) is 0 Å². The summed E-state index contributed by atoms with van der Waals surface area (Å²) in [5, 5.41) is 3.87. The first-order valence-corrected chi connectivity index (χ1v) is 5.30. The summed E-state index contributed by atoms with van der Waals surface area (Å²) in [6.45, 7) is 4.06. The lowest BCUT2D eigenvalue weighted by molar-refractivity contribution is 0.417. The molecule has 0 saturated carbocycles. The monoisotopic (exact) mass is 203 g/mol. The van der Waals surface area contributed by atoms with Crippen LogP contribution in [0, 0.1) is 0 Å². The summed E-state index contributed by atoms with van der Waals surface area (Å²) in [5.74, 6) is 0. The Bertz CT molecular complexity index is 341. The Kier molecular flexibility index (Phi) is 4.19. The van der Waals surface area contributed by atoms with Crippen LogP contribution >= 0.6 is 0 Å². The normalized spacial score (nSPS) is 14.0. The van der Waals surface area contributed by atoms with Crippen LogP contribution in [0.3, 0.4) is 0 Å². The van der Waals surface area contributed by atoms with E-state index in [-0.39, 0.29) is 5.54 Å². The van der Waals surface area contributed by atoms with Gasteiger partial charge in [0.25, 0.3) is 0 Å². The molecule has 0 aliphatic rings. The zero-order chi connectivity index (χ0) is 11.1. The number of nitrogens with zero attached hydrogens (tertiary/aromatic N) is 3. The first-order chi connectivity index (χ1) is 7.20. The van der Waals surface area contributed by atoms with E-state index < -0.39 is 0 Å². The lowest BCUT2D eigenvalue weighted by Crippen LogP contribution is -2.20.